The molecule has 126 valence electrons. The Morgan fingerprint density at radius 2 is 1.83 bits per heavy atom. The molecule has 24 heavy (non-hydrogen) atoms. The molecule has 0 saturated heterocycles. The van der Waals surface area contributed by atoms with Gasteiger partial charge in [0.25, 0.3) is 0 Å². The van der Waals surface area contributed by atoms with Gasteiger partial charge in [0, 0.05) is 19.5 Å². The van der Waals surface area contributed by atoms with Gasteiger partial charge in [-0.2, -0.15) is 0 Å². The molecule has 0 heterocycles. The van der Waals surface area contributed by atoms with E-state index < -0.39 is 0 Å². The van der Waals surface area contributed by atoms with E-state index in [1.807, 2.05) is 38.2 Å². The number of amides is 1. The predicted octanol–water partition coefficient (Wildman–Crippen LogP) is 3.99. The lowest BCUT2D eigenvalue weighted by Crippen LogP contribution is -2.28. The van der Waals surface area contributed by atoms with Crippen molar-refractivity contribution in [2.45, 2.75) is 25.8 Å². The molecule has 1 aliphatic carbocycles. The van der Waals surface area contributed by atoms with Crippen LogP contribution in [0.4, 0.5) is 4.39 Å². The normalized spacial score (nSPS) is 19.0. The van der Waals surface area contributed by atoms with Crippen LogP contribution in [0.15, 0.2) is 48.5 Å². The van der Waals surface area contributed by atoms with Gasteiger partial charge < -0.3 is 9.64 Å². The summed E-state index contributed by atoms with van der Waals surface area (Å²) in [6.07, 6.45) is 0.845. The third-order valence-electron chi connectivity index (χ3n) is 4.44. The number of halogens is 1. The molecule has 0 radical (unpaired) electrons. The smallest absolute Gasteiger partial charge is 0.226 e. The zero-order valence-electron chi connectivity index (χ0n) is 14.0. The van der Waals surface area contributed by atoms with Crippen molar-refractivity contribution < 1.29 is 13.9 Å². The number of ether oxygens (including phenoxy) is 1. The highest BCUT2D eigenvalue weighted by Crippen LogP contribution is 2.48. The highest BCUT2D eigenvalue weighted by Gasteiger charge is 2.45. The first-order chi connectivity index (χ1) is 11.6. The van der Waals surface area contributed by atoms with Gasteiger partial charge in [0.05, 0.1) is 6.61 Å². The van der Waals surface area contributed by atoms with Crippen LogP contribution in [0.1, 0.15) is 30.4 Å². The molecule has 3 rings (SSSR count). The van der Waals surface area contributed by atoms with Crippen molar-refractivity contribution in [1.29, 1.82) is 0 Å². The fourth-order valence-electron chi connectivity index (χ4n) is 3.04. The first-order valence-corrected chi connectivity index (χ1v) is 8.30. The molecule has 2 aromatic carbocycles. The average Bonchev–Trinajstić information content (AvgIpc) is 3.37. The van der Waals surface area contributed by atoms with Crippen LogP contribution in [0.25, 0.3) is 0 Å². The molecule has 4 heteroatoms. The van der Waals surface area contributed by atoms with Crippen LogP contribution in [0, 0.1) is 11.7 Å². The number of benzene rings is 2. The molecule has 1 aliphatic rings. The van der Waals surface area contributed by atoms with Gasteiger partial charge in [0.1, 0.15) is 11.6 Å². The minimum Gasteiger partial charge on any atom is -0.494 e. The molecule has 2 atom stereocenters. The molecular weight excluding hydrogens is 305 g/mol. The topological polar surface area (TPSA) is 29.5 Å². The number of nitrogens with zero attached hydrogens (tertiary/aromatic N) is 1. The highest BCUT2D eigenvalue weighted by atomic mass is 19.1. The third-order valence-corrected chi connectivity index (χ3v) is 4.44. The Hall–Kier alpha value is -2.36. The van der Waals surface area contributed by atoms with Gasteiger partial charge in [0.15, 0.2) is 0 Å². The van der Waals surface area contributed by atoms with E-state index in [0.717, 1.165) is 23.3 Å². The van der Waals surface area contributed by atoms with E-state index in [1.54, 1.807) is 17.0 Å². The summed E-state index contributed by atoms with van der Waals surface area (Å²) in [5.41, 5.74) is 2.12. The maximum Gasteiger partial charge on any atom is 0.226 e. The van der Waals surface area contributed by atoms with Crippen LogP contribution >= 0.6 is 0 Å². The number of carbonyl (C=O) groups excluding carboxylic acids is 1. The lowest BCUT2D eigenvalue weighted by molar-refractivity contribution is -0.131. The van der Waals surface area contributed by atoms with Crippen molar-refractivity contribution in [3.8, 4) is 5.75 Å². The fraction of sp³-hybridized carbons (Fsp3) is 0.350. The Balaban J connectivity index is 1.56. The SMILES string of the molecule is CCOc1ccc(CN(C)C(=O)C2CC2c2ccc(F)cc2)cc1. The molecule has 1 fully saturated rings. The van der Waals surface area contributed by atoms with Crippen LogP contribution < -0.4 is 4.74 Å². The lowest BCUT2D eigenvalue weighted by atomic mass is 10.1. The Morgan fingerprint density at radius 1 is 1.17 bits per heavy atom. The molecule has 0 N–H and O–H groups in total. The quantitative estimate of drug-likeness (QED) is 0.803. The van der Waals surface area contributed by atoms with Crippen molar-refractivity contribution in [3.63, 3.8) is 0 Å². The van der Waals surface area contributed by atoms with Crippen molar-refractivity contribution in [1.82, 2.24) is 4.90 Å². The van der Waals surface area contributed by atoms with Gasteiger partial charge in [-0.15, -0.1) is 0 Å². The zero-order valence-corrected chi connectivity index (χ0v) is 14.0. The molecule has 0 spiro atoms. The molecule has 2 unspecified atom stereocenters. The Bertz CT molecular complexity index is 697. The van der Waals surface area contributed by atoms with E-state index in [2.05, 4.69) is 0 Å². The molecule has 3 nitrogen and oxygen atoms in total. The predicted molar refractivity (Wildman–Crippen MR) is 91.3 cm³/mol. The zero-order chi connectivity index (χ0) is 17.1. The van der Waals surface area contributed by atoms with Gasteiger partial charge >= 0.3 is 0 Å². The lowest BCUT2D eigenvalue weighted by Gasteiger charge is -2.17. The molecule has 0 bridgehead atoms. The van der Waals surface area contributed by atoms with E-state index in [0.29, 0.717) is 13.2 Å². The van der Waals surface area contributed by atoms with Crippen molar-refractivity contribution >= 4 is 5.91 Å². The van der Waals surface area contributed by atoms with Gasteiger partial charge in [-0.25, -0.2) is 4.39 Å². The van der Waals surface area contributed by atoms with E-state index in [9.17, 15) is 9.18 Å². The summed E-state index contributed by atoms with van der Waals surface area (Å²) in [4.78, 5) is 14.3. The molecule has 1 saturated carbocycles. The molecule has 1 amide bonds. The summed E-state index contributed by atoms with van der Waals surface area (Å²) < 4.78 is 18.4. The second-order valence-corrected chi connectivity index (χ2v) is 6.27. The summed E-state index contributed by atoms with van der Waals surface area (Å²) in [6.45, 7) is 3.18. The summed E-state index contributed by atoms with van der Waals surface area (Å²) in [7, 11) is 1.83. The minimum atomic E-state index is -0.241. The first-order valence-electron chi connectivity index (χ1n) is 8.30. The van der Waals surface area contributed by atoms with Gasteiger partial charge in [0.2, 0.25) is 5.91 Å². The van der Waals surface area contributed by atoms with Crippen LogP contribution in [0.2, 0.25) is 0 Å². The van der Waals surface area contributed by atoms with E-state index in [-0.39, 0.29) is 23.6 Å². The third kappa shape index (κ3) is 3.75. The maximum absolute atomic E-state index is 13.0. The van der Waals surface area contributed by atoms with Gasteiger partial charge in [-0.05, 0) is 54.7 Å². The average molecular weight is 327 g/mol. The highest BCUT2D eigenvalue weighted by molar-refractivity contribution is 5.82. The molecular formula is C20H22FNO2. The summed E-state index contributed by atoms with van der Waals surface area (Å²) >= 11 is 0. The monoisotopic (exact) mass is 327 g/mol. The van der Waals surface area contributed by atoms with E-state index in [1.165, 1.54) is 12.1 Å². The molecule has 0 aromatic heterocycles. The minimum absolute atomic E-state index is 0.0168. The van der Waals surface area contributed by atoms with Crippen molar-refractivity contribution in [2.24, 2.45) is 5.92 Å². The van der Waals surface area contributed by atoms with Crippen molar-refractivity contribution in [3.05, 3.63) is 65.5 Å². The largest absolute Gasteiger partial charge is 0.494 e. The van der Waals surface area contributed by atoms with Crippen molar-refractivity contribution in [2.75, 3.05) is 13.7 Å². The number of rotatable bonds is 6. The fourth-order valence-corrected chi connectivity index (χ4v) is 3.04. The standard InChI is InChI=1S/C20H22FNO2/c1-3-24-17-10-4-14(5-11-17)13-22(2)20(23)19-12-18(19)15-6-8-16(21)9-7-15/h4-11,18-19H,3,12-13H2,1-2H3. The Kier molecular flexibility index (Phi) is 4.84. The summed E-state index contributed by atoms with van der Waals surface area (Å²) in [5, 5.41) is 0. The van der Waals surface area contributed by atoms with Crippen LogP contribution in [-0.2, 0) is 11.3 Å². The summed E-state index contributed by atoms with van der Waals surface area (Å²) in [6, 6.07) is 14.3. The van der Waals surface area contributed by atoms with Crippen LogP contribution in [0.5, 0.6) is 5.75 Å². The molecule has 2 aromatic rings. The summed E-state index contributed by atoms with van der Waals surface area (Å²) in [5.74, 6) is 0.992. The van der Waals surface area contributed by atoms with Crippen LogP contribution in [0.3, 0.4) is 0 Å². The number of hydrogen-bond acceptors (Lipinski definition) is 2. The maximum atomic E-state index is 13.0. The first kappa shape index (κ1) is 16.5. The Labute approximate surface area is 142 Å². The molecule has 0 aliphatic heterocycles. The number of hydrogen-bond donors (Lipinski definition) is 0. The van der Waals surface area contributed by atoms with Gasteiger partial charge in [-0.1, -0.05) is 24.3 Å². The second-order valence-electron chi connectivity index (χ2n) is 6.27. The van der Waals surface area contributed by atoms with E-state index >= 15 is 0 Å². The van der Waals surface area contributed by atoms with E-state index in [4.69, 9.17) is 4.74 Å². The Morgan fingerprint density at radius 3 is 2.46 bits per heavy atom. The number of carbonyl (C=O) groups is 1. The van der Waals surface area contributed by atoms with Crippen LogP contribution in [-0.4, -0.2) is 24.5 Å². The van der Waals surface area contributed by atoms with Gasteiger partial charge in [-0.3, -0.25) is 4.79 Å². The second kappa shape index (κ2) is 7.04.